The predicted molar refractivity (Wildman–Crippen MR) is 61.8 cm³/mol. The molecule has 14 heavy (non-hydrogen) atoms. The maximum atomic E-state index is 3.36. The van der Waals surface area contributed by atoms with Crippen molar-refractivity contribution >= 4 is 11.3 Å². The molecule has 2 atom stereocenters. The minimum Gasteiger partial charge on any atom is -0.316 e. The molecule has 1 N–H and O–H groups in total. The van der Waals surface area contributed by atoms with E-state index in [1.54, 1.807) is 0 Å². The Morgan fingerprint density at radius 1 is 1.64 bits per heavy atom. The molecule has 1 aromatic rings. The van der Waals surface area contributed by atoms with Gasteiger partial charge < -0.3 is 5.32 Å². The molecule has 2 unspecified atom stereocenters. The van der Waals surface area contributed by atoms with Crippen molar-refractivity contribution in [3.05, 3.63) is 22.4 Å². The molecule has 0 aliphatic carbocycles. The van der Waals surface area contributed by atoms with E-state index in [-0.39, 0.29) is 0 Å². The lowest BCUT2D eigenvalue weighted by Gasteiger charge is -2.23. The van der Waals surface area contributed by atoms with Crippen molar-refractivity contribution in [2.45, 2.75) is 25.4 Å². The summed E-state index contributed by atoms with van der Waals surface area (Å²) in [6.07, 6.45) is 1.28. The molecular formula is C11H18N2S. The Hall–Kier alpha value is -0.380. The van der Waals surface area contributed by atoms with Gasteiger partial charge in [-0.15, -0.1) is 11.3 Å². The van der Waals surface area contributed by atoms with Crippen LogP contribution in [0.1, 0.15) is 24.3 Å². The minimum atomic E-state index is 0.591. The number of nitrogens with one attached hydrogen (secondary N) is 1. The third-order valence-corrected chi connectivity index (χ3v) is 4.17. The molecule has 1 aliphatic heterocycles. The summed E-state index contributed by atoms with van der Waals surface area (Å²) in [7, 11) is 2.06. The molecule has 3 heteroatoms. The highest BCUT2D eigenvalue weighted by atomic mass is 32.1. The van der Waals surface area contributed by atoms with Crippen LogP contribution in [0, 0.1) is 0 Å². The fourth-order valence-corrected chi connectivity index (χ4v) is 2.90. The van der Waals surface area contributed by atoms with Crippen molar-refractivity contribution in [1.29, 1.82) is 0 Å². The molecule has 2 nitrogen and oxygen atoms in total. The van der Waals surface area contributed by atoms with E-state index in [9.17, 15) is 0 Å². The fourth-order valence-electron chi connectivity index (χ4n) is 2.08. The Morgan fingerprint density at radius 2 is 2.50 bits per heavy atom. The molecule has 1 fully saturated rings. The maximum Gasteiger partial charge on any atom is 0.0413 e. The van der Waals surface area contributed by atoms with Gasteiger partial charge in [-0.25, -0.2) is 0 Å². The second-order valence-electron chi connectivity index (χ2n) is 3.96. The number of thiophene rings is 1. The van der Waals surface area contributed by atoms with E-state index in [4.69, 9.17) is 0 Å². The zero-order valence-electron chi connectivity index (χ0n) is 8.86. The van der Waals surface area contributed by atoms with Crippen LogP contribution in [0.3, 0.4) is 0 Å². The first-order valence-electron chi connectivity index (χ1n) is 5.26. The molecule has 0 bridgehead atoms. The fraction of sp³-hybridized carbons (Fsp3) is 0.636. The number of likely N-dealkylation sites (N-methyl/N-ethyl adjacent to an activating group) is 1. The van der Waals surface area contributed by atoms with Crippen LogP contribution in [0.25, 0.3) is 0 Å². The van der Waals surface area contributed by atoms with Gasteiger partial charge in [-0.05, 0) is 31.8 Å². The molecule has 2 rings (SSSR count). The van der Waals surface area contributed by atoms with Gasteiger partial charge in [-0.3, -0.25) is 4.90 Å². The van der Waals surface area contributed by atoms with E-state index in [0.717, 1.165) is 0 Å². The molecule has 1 saturated heterocycles. The van der Waals surface area contributed by atoms with Crippen LogP contribution in [0.4, 0.5) is 0 Å². The number of likely N-dealkylation sites (tertiary alicyclic amines) is 1. The third-order valence-electron chi connectivity index (χ3n) is 3.13. The van der Waals surface area contributed by atoms with E-state index >= 15 is 0 Å². The Kier molecular flexibility index (Phi) is 3.21. The molecule has 1 aromatic heterocycles. The minimum absolute atomic E-state index is 0.591. The van der Waals surface area contributed by atoms with E-state index in [2.05, 4.69) is 41.7 Å². The first kappa shape index (κ1) is 10.1. The Labute approximate surface area is 89.9 Å². The highest BCUT2D eigenvalue weighted by molar-refractivity contribution is 7.10. The van der Waals surface area contributed by atoms with Crippen molar-refractivity contribution in [2.75, 3.05) is 20.1 Å². The summed E-state index contributed by atoms with van der Waals surface area (Å²) in [5.74, 6) is 0. The van der Waals surface area contributed by atoms with E-state index < -0.39 is 0 Å². The normalized spacial score (nSPS) is 25.4. The van der Waals surface area contributed by atoms with E-state index in [1.165, 1.54) is 24.4 Å². The van der Waals surface area contributed by atoms with Crippen LogP contribution in [-0.4, -0.2) is 31.1 Å². The quantitative estimate of drug-likeness (QED) is 0.822. The lowest BCUT2D eigenvalue weighted by molar-refractivity contribution is 0.260. The number of nitrogens with zero attached hydrogens (tertiary/aromatic N) is 1. The maximum absolute atomic E-state index is 3.36. The van der Waals surface area contributed by atoms with Gasteiger partial charge in [0.25, 0.3) is 0 Å². The van der Waals surface area contributed by atoms with Gasteiger partial charge in [0.15, 0.2) is 0 Å². The van der Waals surface area contributed by atoms with Gasteiger partial charge in [0, 0.05) is 30.1 Å². The Balaban J connectivity index is 1.97. The molecular weight excluding hydrogens is 192 g/mol. The first-order valence-corrected chi connectivity index (χ1v) is 6.14. The number of hydrogen-bond donors (Lipinski definition) is 1. The SMILES string of the molecule is CNC1CCN(C(C)c2cccs2)C1. The molecule has 0 spiro atoms. The zero-order valence-corrected chi connectivity index (χ0v) is 9.68. The Bertz CT molecular complexity index is 271. The van der Waals surface area contributed by atoms with Crippen molar-refractivity contribution in [2.24, 2.45) is 0 Å². The van der Waals surface area contributed by atoms with Gasteiger partial charge in [0.05, 0.1) is 0 Å². The van der Waals surface area contributed by atoms with Crippen LogP contribution in [0.15, 0.2) is 17.5 Å². The molecule has 0 amide bonds. The molecule has 1 aliphatic rings. The van der Waals surface area contributed by atoms with E-state index in [0.29, 0.717) is 12.1 Å². The summed E-state index contributed by atoms with van der Waals surface area (Å²) in [5.41, 5.74) is 0. The average Bonchev–Trinajstić information content (AvgIpc) is 2.88. The Morgan fingerprint density at radius 3 is 3.07 bits per heavy atom. The standard InChI is InChI=1S/C11H18N2S/c1-9(11-4-3-7-14-11)13-6-5-10(8-13)12-2/h3-4,7,9-10,12H,5-6,8H2,1-2H3. The molecule has 0 aromatic carbocycles. The monoisotopic (exact) mass is 210 g/mol. The van der Waals surface area contributed by atoms with Crippen LogP contribution in [0.5, 0.6) is 0 Å². The van der Waals surface area contributed by atoms with Crippen molar-refractivity contribution < 1.29 is 0 Å². The smallest absolute Gasteiger partial charge is 0.0413 e. The zero-order chi connectivity index (χ0) is 9.97. The summed E-state index contributed by atoms with van der Waals surface area (Å²) < 4.78 is 0. The predicted octanol–water partition coefficient (Wildman–Crippen LogP) is 2.10. The highest BCUT2D eigenvalue weighted by Crippen LogP contribution is 2.27. The summed E-state index contributed by atoms with van der Waals surface area (Å²) in [6, 6.07) is 5.66. The van der Waals surface area contributed by atoms with Gasteiger partial charge >= 0.3 is 0 Å². The van der Waals surface area contributed by atoms with Crippen LogP contribution in [0.2, 0.25) is 0 Å². The van der Waals surface area contributed by atoms with Gasteiger partial charge in [-0.1, -0.05) is 6.07 Å². The summed E-state index contributed by atoms with van der Waals surface area (Å²) in [6.45, 7) is 4.73. The van der Waals surface area contributed by atoms with Crippen molar-refractivity contribution in [3.8, 4) is 0 Å². The second-order valence-corrected chi connectivity index (χ2v) is 4.94. The molecule has 0 saturated carbocycles. The first-order chi connectivity index (χ1) is 6.81. The van der Waals surface area contributed by atoms with E-state index in [1.807, 2.05) is 11.3 Å². The molecule has 78 valence electrons. The van der Waals surface area contributed by atoms with Gasteiger partial charge in [0.1, 0.15) is 0 Å². The lowest BCUT2D eigenvalue weighted by Crippen LogP contribution is -2.30. The lowest BCUT2D eigenvalue weighted by atomic mass is 10.2. The number of hydrogen-bond acceptors (Lipinski definition) is 3. The molecule has 2 heterocycles. The van der Waals surface area contributed by atoms with Crippen LogP contribution < -0.4 is 5.32 Å². The van der Waals surface area contributed by atoms with Crippen molar-refractivity contribution in [3.63, 3.8) is 0 Å². The van der Waals surface area contributed by atoms with Gasteiger partial charge in [0.2, 0.25) is 0 Å². The second kappa shape index (κ2) is 4.43. The van der Waals surface area contributed by atoms with Gasteiger partial charge in [-0.2, -0.15) is 0 Å². The molecule has 0 radical (unpaired) electrons. The summed E-state index contributed by atoms with van der Waals surface area (Å²) in [4.78, 5) is 4.05. The average molecular weight is 210 g/mol. The highest BCUT2D eigenvalue weighted by Gasteiger charge is 2.25. The van der Waals surface area contributed by atoms with Crippen LogP contribution in [-0.2, 0) is 0 Å². The van der Waals surface area contributed by atoms with Crippen LogP contribution >= 0.6 is 11.3 Å². The summed E-state index contributed by atoms with van der Waals surface area (Å²) in [5, 5.41) is 5.52. The number of rotatable bonds is 3. The topological polar surface area (TPSA) is 15.3 Å². The summed E-state index contributed by atoms with van der Waals surface area (Å²) >= 11 is 1.86. The third kappa shape index (κ3) is 2.00. The van der Waals surface area contributed by atoms with Crippen molar-refractivity contribution in [1.82, 2.24) is 10.2 Å². The largest absolute Gasteiger partial charge is 0.316 e.